The smallest absolute Gasteiger partial charge is 0.148 e. The fourth-order valence-corrected chi connectivity index (χ4v) is 1.25. The molecule has 1 unspecified atom stereocenters. The summed E-state index contributed by atoms with van der Waals surface area (Å²) in [6.07, 6.45) is 1.39. The van der Waals surface area contributed by atoms with Crippen molar-refractivity contribution >= 4 is 0 Å². The molecule has 11 heavy (non-hydrogen) atoms. The first kappa shape index (κ1) is 8.30. The van der Waals surface area contributed by atoms with Crippen LogP contribution in [-0.4, -0.2) is 17.9 Å². The number of hydrogen-bond donors (Lipinski definition) is 3. The van der Waals surface area contributed by atoms with Gasteiger partial charge in [0.15, 0.2) is 0 Å². The molecule has 1 aliphatic rings. The number of hydrogen-bond acceptors (Lipinski definition) is 3. The van der Waals surface area contributed by atoms with Gasteiger partial charge in [-0.3, -0.25) is 0 Å². The lowest BCUT2D eigenvalue weighted by Gasteiger charge is -2.23. The molecule has 0 radical (unpaired) electrons. The van der Waals surface area contributed by atoms with Crippen molar-refractivity contribution < 1.29 is 5.11 Å². The summed E-state index contributed by atoms with van der Waals surface area (Å²) in [5.41, 5.74) is 8.36. The minimum absolute atomic E-state index is 0.407. The van der Waals surface area contributed by atoms with Crippen LogP contribution in [0.2, 0.25) is 0 Å². The lowest BCUT2D eigenvalue weighted by Crippen LogP contribution is -2.35. The minimum Gasteiger partial charge on any atom is -0.370 e. The maximum absolute atomic E-state index is 9.42. The van der Waals surface area contributed by atoms with Crippen LogP contribution in [0.25, 0.3) is 0 Å². The van der Waals surface area contributed by atoms with Crippen molar-refractivity contribution in [1.29, 1.82) is 0 Å². The second-order valence-corrected chi connectivity index (χ2v) is 2.79. The van der Waals surface area contributed by atoms with Gasteiger partial charge in [-0.05, 0) is 31.1 Å². The van der Waals surface area contributed by atoms with Crippen molar-refractivity contribution in [3.63, 3.8) is 0 Å². The van der Waals surface area contributed by atoms with Gasteiger partial charge >= 0.3 is 0 Å². The molecule has 0 fully saturated rings. The Morgan fingerprint density at radius 3 is 2.73 bits per heavy atom. The van der Waals surface area contributed by atoms with E-state index in [2.05, 4.69) is 5.32 Å². The Morgan fingerprint density at radius 2 is 2.27 bits per heavy atom. The Hall–Kier alpha value is -0.800. The molecule has 3 nitrogen and oxygen atoms in total. The van der Waals surface area contributed by atoms with Crippen molar-refractivity contribution in [2.24, 2.45) is 5.73 Å². The molecule has 0 bridgehead atoms. The van der Waals surface area contributed by atoms with Gasteiger partial charge in [0.05, 0.1) is 0 Å². The summed E-state index contributed by atoms with van der Waals surface area (Å²) in [5.74, 6) is 0. The van der Waals surface area contributed by atoms with Crippen LogP contribution in [0.5, 0.6) is 0 Å². The van der Waals surface area contributed by atoms with Crippen LogP contribution in [0, 0.1) is 0 Å². The molecule has 0 aliphatic carbocycles. The second kappa shape index (κ2) is 3.07. The Balaban J connectivity index is 2.92. The zero-order valence-corrected chi connectivity index (χ0v) is 6.89. The Labute approximate surface area is 66.6 Å². The summed E-state index contributed by atoms with van der Waals surface area (Å²) < 4.78 is 0. The zero-order valence-electron chi connectivity index (χ0n) is 6.89. The van der Waals surface area contributed by atoms with E-state index >= 15 is 0 Å². The van der Waals surface area contributed by atoms with E-state index in [-0.39, 0.29) is 0 Å². The van der Waals surface area contributed by atoms with Gasteiger partial charge in [-0.25, -0.2) is 0 Å². The van der Waals surface area contributed by atoms with Gasteiger partial charge in [-0.15, -0.1) is 0 Å². The molecule has 1 rings (SSSR count). The highest BCUT2D eigenvalue weighted by atomic mass is 16.3. The topological polar surface area (TPSA) is 58.3 Å². The lowest BCUT2D eigenvalue weighted by molar-refractivity contribution is 0.180. The molecule has 0 aromatic heterocycles. The van der Waals surface area contributed by atoms with Gasteiger partial charge in [-0.1, -0.05) is 0 Å². The van der Waals surface area contributed by atoms with Gasteiger partial charge in [0.2, 0.25) is 0 Å². The van der Waals surface area contributed by atoms with Gasteiger partial charge < -0.3 is 16.2 Å². The molecule has 1 atom stereocenters. The van der Waals surface area contributed by atoms with E-state index in [1.54, 1.807) is 0 Å². The molecule has 0 spiro atoms. The quantitative estimate of drug-likeness (QED) is 0.501. The van der Waals surface area contributed by atoms with Crippen LogP contribution in [0.4, 0.5) is 0 Å². The standard InChI is InChI=1S/C8H14N2O/c1-5-3-6(2)10-8(11)7(5)4-9/h3,8,10-11H,4,9H2,1-2H3. The molecule has 0 saturated carbocycles. The first-order valence-electron chi connectivity index (χ1n) is 3.67. The van der Waals surface area contributed by atoms with E-state index in [1.165, 1.54) is 0 Å². The molecular formula is C8H14N2O. The summed E-state index contributed by atoms with van der Waals surface area (Å²) in [6.45, 7) is 4.28. The first-order chi connectivity index (χ1) is 5.15. The molecule has 1 aliphatic heterocycles. The van der Waals surface area contributed by atoms with Crippen molar-refractivity contribution in [1.82, 2.24) is 5.32 Å². The van der Waals surface area contributed by atoms with Gasteiger partial charge in [0, 0.05) is 12.2 Å². The largest absolute Gasteiger partial charge is 0.370 e. The third kappa shape index (κ3) is 1.61. The summed E-state index contributed by atoms with van der Waals surface area (Å²) in [7, 11) is 0. The van der Waals surface area contributed by atoms with Crippen LogP contribution in [-0.2, 0) is 0 Å². The number of rotatable bonds is 1. The normalized spacial score (nSPS) is 24.7. The molecule has 0 amide bonds. The molecule has 4 N–H and O–H groups in total. The van der Waals surface area contributed by atoms with Gasteiger partial charge in [-0.2, -0.15) is 0 Å². The second-order valence-electron chi connectivity index (χ2n) is 2.79. The highest BCUT2D eigenvalue weighted by Crippen LogP contribution is 2.14. The Bertz CT molecular complexity index is 218. The average molecular weight is 154 g/mol. The van der Waals surface area contributed by atoms with Crippen molar-refractivity contribution in [2.75, 3.05) is 6.54 Å². The molecule has 1 heterocycles. The number of aliphatic hydroxyl groups is 1. The first-order valence-corrected chi connectivity index (χ1v) is 3.67. The van der Waals surface area contributed by atoms with Crippen molar-refractivity contribution in [2.45, 2.75) is 20.1 Å². The number of allylic oxidation sites excluding steroid dienone is 3. The monoisotopic (exact) mass is 154 g/mol. The summed E-state index contributed by atoms with van der Waals surface area (Å²) in [5, 5.41) is 12.3. The lowest BCUT2D eigenvalue weighted by atomic mass is 10.0. The average Bonchev–Trinajstić information content (AvgIpc) is 1.85. The van der Waals surface area contributed by atoms with Gasteiger partial charge in [0.1, 0.15) is 6.23 Å². The number of nitrogens with one attached hydrogen (secondary N) is 1. The van der Waals surface area contributed by atoms with E-state index in [0.29, 0.717) is 6.54 Å². The molecule has 3 heteroatoms. The zero-order chi connectivity index (χ0) is 8.43. The SMILES string of the molecule is CC1=CC(C)=C(CN)C(O)N1. The summed E-state index contributed by atoms with van der Waals surface area (Å²) >= 11 is 0. The van der Waals surface area contributed by atoms with Crippen LogP contribution in [0.1, 0.15) is 13.8 Å². The Morgan fingerprint density at radius 1 is 1.64 bits per heavy atom. The molecule has 0 aromatic rings. The predicted octanol–water partition coefficient (Wildman–Crippen LogP) is 0.0870. The fourth-order valence-electron chi connectivity index (χ4n) is 1.25. The molecule has 0 aromatic carbocycles. The molecule has 0 saturated heterocycles. The van der Waals surface area contributed by atoms with Crippen LogP contribution in [0.15, 0.2) is 22.9 Å². The molecular weight excluding hydrogens is 140 g/mol. The van der Waals surface area contributed by atoms with Crippen molar-refractivity contribution in [3.05, 3.63) is 22.9 Å². The minimum atomic E-state index is -0.593. The maximum Gasteiger partial charge on any atom is 0.148 e. The van der Waals surface area contributed by atoms with Crippen LogP contribution in [0.3, 0.4) is 0 Å². The van der Waals surface area contributed by atoms with E-state index in [1.807, 2.05) is 19.9 Å². The highest BCUT2D eigenvalue weighted by Gasteiger charge is 2.14. The number of nitrogens with two attached hydrogens (primary N) is 1. The highest BCUT2D eigenvalue weighted by molar-refractivity contribution is 5.33. The number of dihydropyridines is 1. The number of aliphatic hydroxyl groups excluding tert-OH is 1. The third-order valence-electron chi connectivity index (χ3n) is 1.85. The summed E-state index contributed by atoms with van der Waals surface area (Å²) in [6, 6.07) is 0. The van der Waals surface area contributed by atoms with E-state index in [4.69, 9.17) is 5.73 Å². The summed E-state index contributed by atoms with van der Waals surface area (Å²) in [4.78, 5) is 0. The molecule has 62 valence electrons. The predicted molar refractivity (Wildman–Crippen MR) is 44.7 cm³/mol. The van der Waals surface area contributed by atoms with E-state index in [9.17, 15) is 5.11 Å². The van der Waals surface area contributed by atoms with E-state index in [0.717, 1.165) is 16.8 Å². The van der Waals surface area contributed by atoms with Crippen LogP contribution < -0.4 is 11.1 Å². The maximum atomic E-state index is 9.42. The van der Waals surface area contributed by atoms with E-state index < -0.39 is 6.23 Å². The van der Waals surface area contributed by atoms with Crippen LogP contribution >= 0.6 is 0 Å². The fraction of sp³-hybridized carbons (Fsp3) is 0.500. The van der Waals surface area contributed by atoms with Crippen molar-refractivity contribution in [3.8, 4) is 0 Å². The Kier molecular flexibility index (Phi) is 2.31. The van der Waals surface area contributed by atoms with Gasteiger partial charge in [0.25, 0.3) is 0 Å². The third-order valence-corrected chi connectivity index (χ3v) is 1.85.